The normalized spacial score (nSPS) is 15.6. The van der Waals surface area contributed by atoms with E-state index in [2.05, 4.69) is 22.3 Å². The number of nitro benzene ring substituents is 1. The number of benzene rings is 2. The second kappa shape index (κ2) is 8.10. The molecule has 6 heteroatoms. The molecule has 1 fully saturated rings. The first-order valence-corrected chi connectivity index (χ1v) is 8.88. The lowest BCUT2D eigenvalue weighted by Gasteiger charge is -2.28. The van der Waals surface area contributed by atoms with Gasteiger partial charge in [-0.25, -0.2) is 0 Å². The molecular formula is C20H23N3O3. The summed E-state index contributed by atoms with van der Waals surface area (Å²) in [5, 5.41) is 14.7. The maximum absolute atomic E-state index is 11.5. The monoisotopic (exact) mass is 353 g/mol. The van der Waals surface area contributed by atoms with Crippen LogP contribution in [0.4, 0.5) is 11.4 Å². The fraction of sp³-hybridized carbons (Fsp3) is 0.350. The van der Waals surface area contributed by atoms with Crippen LogP contribution in [0.25, 0.3) is 0 Å². The van der Waals surface area contributed by atoms with Crippen molar-refractivity contribution < 1.29 is 9.72 Å². The van der Waals surface area contributed by atoms with Crippen molar-refractivity contribution in [1.29, 1.82) is 0 Å². The summed E-state index contributed by atoms with van der Waals surface area (Å²) in [5.41, 5.74) is 1.93. The molecule has 0 aromatic heterocycles. The summed E-state index contributed by atoms with van der Waals surface area (Å²) in [6, 6.07) is 15.0. The maximum atomic E-state index is 11.5. The predicted molar refractivity (Wildman–Crippen MR) is 102 cm³/mol. The lowest BCUT2D eigenvalue weighted by atomic mass is 10.0. The van der Waals surface area contributed by atoms with E-state index in [1.807, 2.05) is 18.2 Å². The minimum atomic E-state index is -0.442. The number of Topliss-reactive ketones (excluding diaryl/α,β-unsaturated/α-hetero) is 1. The third-order valence-electron chi connectivity index (χ3n) is 4.85. The van der Waals surface area contributed by atoms with Gasteiger partial charge in [0.15, 0.2) is 5.78 Å². The Hall–Kier alpha value is -2.73. The molecule has 3 rings (SSSR count). The lowest BCUT2D eigenvalue weighted by molar-refractivity contribution is -0.384. The zero-order chi connectivity index (χ0) is 18.5. The lowest BCUT2D eigenvalue weighted by Crippen LogP contribution is -2.31. The Bertz CT molecular complexity index is 786. The van der Waals surface area contributed by atoms with Gasteiger partial charge in [-0.15, -0.1) is 0 Å². The molecule has 0 bridgehead atoms. The fourth-order valence-electron chi connectivity index (χ4n) is 3.44. The first-order valence-electron chi connectivity index (χ1n) is 8.88. The van der Waals surface area contributed by atoms with E-state index in [0.717, 1.165) is 13.1 Å². The van der Waals surface area contributed by atoms with Gasteiger partial charge in [0.1, 0.15) is 5.69 Å². The number of likely N-dealkylation sites (tertiary alicyclic amines) is 1. The average Bonchev–Trinajstić information content (AvgIpc) is 3.17. The number of nitrogens with zero attached hydrogens (tertiary/aromatic N) is 2. The first-order chi connectivity index (χ1) is 12.6. The zero-order valence-electron chi connectivity index (χ0n) is 14.9. The SMILES string of the molecule is CC(=O)c1ccc(NC[C@H](c2ccccc2)N2CCCC2)c([N+](=O)[O-])c1. The summed E-state index contributed by atoms with van der Waals surface area (Å²) in [6.45, 7) is 4.05. The quantitative estimate of drug-likeness (QED) is 0.462. The van der Waals surface area contributed by atoms with Crippen molar-refractivity contribution in [3.63, 3.8) is 0 Å². The predicted octanol–water partition coefficient (Wildman–Crippen LogP) is 4.05. The van der Waals surface area contributed by atoms with Crippen molar-refractivity contribution in [1.82, 2.24) is 4.90 Å². The summed E-state index contributed by atoms with van der Waals surface area (Å²) in [7, 11) is 0. The van der Waals surface area contributed by atoms with E-state index in [0.29, 0.717) is 17.8 Å². The molecule has 6 nitrogen and oxygen atoms in total. The maximum Gasteiger partial charge on any atom is 0.293 e. The summed E-state index contributed by atoms with van der Waals surface area (Å²) >= 11 is 0. The number of anilines is 1. The Morgan fingerprint density at radius 2 is 1.88 bits per heavy atom. The van der Waals surface area contributed by atoms with E-state index in [1.165, 1.54) is 31.4 Å². The Morgan fingerprint density at radius 3 is 2.50 bits per heavy atom. The highest BCUT2D eigenvalue weighted by Crippen LogP contribution is 2.29. The molecular weight excluding hydrogens is 330 g/mol. The van der Waals surface area contributed by atoms with Crippen LogP contribution < -0.4 is 5.32 Å². The van der Waals surface area contributed by atoms with Gasteiger partial charge in [-0.2, -0.15) is 0 Å². The van der Waals surface area contributed by atoms with Gasteiger partial charge in [-0.05, 0) is 50.6 Å². The van der Waals surface area contributed by atoms with Gasteiger partial charge < -0.3 is 5.32 Å². The Morgan fingerprint density at radius 1 is 1.19 bits per heavy atom. The van der Waals surface area contributed by atoms with Crippen LogP contribution in [0.3, 0.4) is 0 Å². The summed E-state index contributed by atoms with van der Waals surface area (Å²) in [6.07, 6.45) is 2.35. The Labute approximate surface area is 153 Å². The van der Waals surface area contributed by atoms with Crippen LogP contribution in [0.1, 0.15) is 41.7 Å². The molecule has 2 aromatic carbocycles. The number of rotatable bonds is 7. The first kappa shape index (κ1) is 18.1. The minimum absolute atomic E-state index is 0.0640. The van der Waals surface area contributed by atoms with E-state index < -0.39 is 4.92 Å². The molecule has 0 aliphatic carbocycles. The fourth-order valence-corrected chi connectivity index (χ4v) is 3.44. The number of carbonyl (C=O) groups excluding carboxylic acids is 1. The number of nitrogens with one attached hydrogen (secondary N) is 1. The number of nitro groups is 1. The third kappa shape index (κ3) is 4.08. The van der Waals surface area contributed by atoms with Crippen molar-refractivity contribution in [2.45, 2.75) is 25.8 Å². The molecule has 0 radical (unpaired) electrons. The number of ketones is 1. The molecule has 1 N–H and O–H groups in total. The smallest absolute Gasteiger partial charge is 0.293 e. The van der Waals surface area contributed by atoms with Crippen LogP contribution in [0, 0.1) is 10.1 Å². The van der Waals surface area contributed by atoms with Crippen LogP contribution in [0.5, 0.6) is 0 Å². The van der Waals surface area contributed by atoms with Gasteiger partial charge in [0.2, 0.25) is 0 Å². The minimum Gasteiger partial charge on any atom is -0.378 e. The molecule has 1 heterocycles. The second-order valence-corrected chi connectivity index (χ2v) is 6.60. The summed E-state index contributed by atoms with van der Waals surface area (Å²) in [5.74, 6) is -0.182. The number of hydrogen-bond donors (Lipinski definition) is 1. The van der Waals surface area contributed by atoms with E-state index in [1.54, 1.807) is 12.1 Å². The van der Waals surface area contributed by atoms with Gasteiger partial charge in [0, 0.05) is 18.2 Å². The zero-order valence-corrected chi connectivity index (χ0v) is 14.9. The van der Waals surface area contributed by atoms with E-state index in [4.69, 9.17) is 0 Å². The molecule has 0 saturated carbocycles. The number of carbonyl (C=O) groups is 1. The highest BCUT2D eigenvalue weighted by molar-refractivity contribution is 5.95. The van der Waals surface area contributed by atoms with Crippen LogP contribution in [0.15, 0.2) is 48.5 Å². The van der Waals surface area contributed by atoms with Gasteiger partial charge in [0.25, 0.3) is 5.69 Å². The second-order valence-electron chi connectivity index (χ2n) is 6.60. The van der Waals surface area contributed by atoms with Gasteiger partial charge >= 0.3 is 0 Å². The van der Waals surface area contributed by atoms with Crippen LogP contribution in [0.2, 0.25) is 0 Å². The van der Waals surface area contributed by atoms with Gasteiger partial charge in [-0.1, -0.05) is 30.3 Å². The Balaban J connectivity index is 1.82. The molecule has 1 aliphatic rings. The highest BCUT2D eigenvalue weighted by Gasteiger charge is 2.24. The van der Waals surface area contributed by atoms with E-state index in [9.17, 15) is 14.9 Å². The molecule has 136 valence electrons. The molecule has 0 unspecified atom stereocenters. The Kier molecular flexibility index (Phi) is 5.63. The molecule has 1 aliphatic heterocycles. The topological polar surface area (TPSA) is 75.5 Å². The standard InChI is InChI=1S/C20H23N3O3/c1-15(24)17-9-10-18(19(13-17)23(25)26)21-14-20(22-11-5-6-12-22)16-7-3-2-4-8-16/h2-4,7-10,13,20-21H,5-6,11-12,14H2,1H3/t20-/m1/s1. The molecule has 0 amide bonds. The van der Waals surface area contributed by atoms with Crippen LogP contribution >= 0.6 is 0 Å². The molecule has 26 heavy (non-hydrogen) atoms. The van der Waals surface area contributed by atoms with Crippen molar-refractivity contribution in [2.75, 3.05) is 25.0 Å². The summed E-state index contributed by atoms with van der Waals surface area (Å²) < 4.78 is 0. The third-order valence-corrected chi connectivity index (χ3v) is 4.85. The van der Waals surface area contributed by atoms with Crippen molar-refractivity contribution in [3.8, 4) is 0 Å². The summed E-state index contributed by atoms with van der Waals surface area (Å²) in [4.78, 5) is 24.9. The molecule has 1 saturated heterocycles. The average molecular weight is 353 g/mol. The molecule has 1 atom stereocenters. The van der Waals surface area contributed by atoms with E-state index >= 15 is 0 Å². The van der Waals surface area contributed by atoms with Crippen molar-refractivity contribution in [2.24, 2.45) is 0 Å². The molecule has 0 spiro atoms. The van der Waals surface area contributed by atoms with Crippen molar-refractivity contribution in [3.05, 3.63) is 69.8 Å². The largest absolute Gasteiger partial charge is 0.378 e. The number of hydrogen-bond acceptors (Lipinski definition) is 5. The van der Waals surface area contributed by atoms with Crippen LogP contribution in [-0.4, -0.2) is 35.2 Å². The van der Waals surface area contributed by atoms with E-state index in [-0.39, 0.29) is 17.5 Å². The van der Waals surface area contributed by atoms with Gasteiger partial charge in [-0.3, -0.25) is 19.8 Å². The highest BCUT2D eigenvalue weighted by atomic mass is 16.6. The van der Waals surface area contributed by atoms with Crippen molar-refractivity contribution >= 4 is 17.2 Å². The van der Waals surface area contributed by atoms with Crippen LogP contribution in [-0.2, 0) is 0 Å². The molecule has 2 aromatic rings. The van der Waals surface area contributed by atoms with Gasteiger partial charge in [0.05, 0.1) is 11.0 Å².